The molecule has 0 N–H and O–H groups in total. The van der Waals surface area contributed by atoms with Gasteiger partial charge in [0.15, 0.2) is 11.4 Å². The Hall–Kier alpha value is -1.84. The largest absolute Gasteiger partial charge is 0.465 e. The van der Waals surface area contributed by atoms with Crippen molar-refractivity contribution in [3.05, 3.63) is 35.8 Å². The first kappa shape index (κ1) is 8.74. The lowest BCUT2D eigenvalue weighted by Gasteiger charge is -1.98. The molecule has 0 aliphatic rings. The zero-order chi connectivity index (χ0) is 10.1. The SMILES string of the molecule is COC(=O)c1cccc2c(F)coc12. The molecule has 0 fully saturated rings. The minimum Gasteiger partial charge on any atom is -0.465 e. The molecule has 1 aromatic carbocycles. The van der Waals surface area contributed by atoms with E-state index in [4.69, 9.17) is 4.42 Å². The molecule has 0 aliphatic heterocycles. The van der Waals surface area contributed by atoms with Crippen LogP contribution in [0.5, 0.6) is 0 Å². The van der Waals surface area contributed by atoms with Crippen molar-refractivity contribution in [2.75, 3.05) is 7.11 Å². The van der Waals surface area contributed by atoms with Gasteiger partial charge in [0.1, 0.15) is 11.8 Å². The van der Waals surface area contributed by atoms with Crippen molar-refractivity contribution >= 4 is 16.9 Å². The van der Waals surface area contributed by atoms with Crippen LogP contribution in [0.3, 0.4) is 0 Å². The highest BCUT2D eigenvalue weighted by atomic mass is 19.1. The second-order valence-electron chi connectivity index (χ2n) is 2.76. The molecule has 2 aromatic rings. The first-order valence-corrected chi connectivity index (χ1v) is 3.98. The highest BCUT2D eigenvalue weighted by molar-refractivity contribution is 6.01. The summed E-state index contributed by atoms with van der Waals surface area (Å²) in [5.74, 6) is -1.02. The summed E-state index contributed by atoms with van der Waals surface area (Å²) < 4.78 is 22.5. The molecule has 14 heavy (non-hydrogen) atoms. The van der Waals surface area contributed by atoms with Crippen LogP contribution in [0.15, 0.2) is 28.9 Å². The van der Waals surface area contributed by atoms with E-state index in [9.17, 15) is 9.18 Å². The number of benzene rings is 1. The van der Waals surface area contributed by atoms with Gasteiger partial charge in [-0.25, -0.2) is 9.18 Å². The van der Waals surface area contributed by atoms with E-state index in [1.165, 1.54) is 13.2 Å². The topological polar surface area (TPSA) is 39.4 Å². The average Bonchev–Trinajstić information content (AvgIpc) is 2.59. The first-order valence-electron chi connectivity index (χ1n) is 3.98. The summed E-state index contributed by atoms with van der Waals surface area (Å²) in [5, 5.41) is 0.285. The van der Waals surface area contributed by atoms with Crippen LogP contribution in [-0.4, -0.2) is 13.1 Å². The number of fused-ring (bicyclic) bond motifs is 1. The smallest absolute Gasteiger partial charge is 0.341 e. The molecule has 1 aromatic heterocycles. The molecule has 0 aliphatic carbocycles. The summed E-state index contributed by atoms with van der Waals surface area (Å²) >= 11 is 0. The third-order valence-electron chi connectivity index (χ3n) is 1.96. The Morgan fingerprint density at radius 3 is 3.00 bits per heavy atom. The third-order valence-corrected chi connectivity index (χ3v) is 1.96. The molecule has 72 valence electrons. The molecule has 0 spiro atoms. The zero-order valence-electron chi connectivity index (χ0n) is 7.41. The molecule has 1 heterocycles. The number of para-hydroxylation sites is 1. The van der Waals surface area contributed by atoms with E-state index in [-0.39, 0.29) is 16.5 Å². The molecule has 0 saturated carbocycles. The van der Waals surface area contributed by atoms with Crippen LogP contribution in [0, 0.1) is 5.82 Å². The summed E-state index contributed by atoms with van der Waals surface area (Å²) in [6, 6.07) is 4.64. The maximum atomic E-state index is 13.0. The van der Waals surface area contributed by atoms with Gasteiger partial charge in [-0.05, 0) is 12.1 Å². The van der Waals surface area contributed by atoms with Crippen molar-refractivity contribution in [2.45, 2.75) is 0 Å². The summed E-state index contributed by atoms with van der Waals surface area (Å²) in [4.78, 5) is 11.2. The van der Waals surface area contributed by atoms with Crippen LogP contribution in [0.4, 0.5) is 4.39 Å². The number of hydrogen-bond donors (Lipinski definition) is 0. The maximum Gasteiger partial charge on any atom is 0.341 e. The first-order chi connectivity index (χ1) is 6.74. The second-order valence-corrected chi connectivity index (χ2v) is 2.76. The number of ether oxygens (including phenoxy) is 1. The number of hydrogen-bond acceptors (Lipinski definition) is 3. The van der Waals surface area contributed by atoms with Gasteiger partial charge in [-0.1, -0.05) is 6.07 Å². The molecule has 0 saturated heterocycles. The van der Waals surface area contributed by atoms with E-state index in [2.05, 4.69) is 4.74 Å². The molecule has 0 unspecified atom stereocenters. The molecular formula is C10H7FO3. The fourth-order valence-corrected chi connectivity index (χ4v) is 1.30. The monoisotopic (exact) mass is 194 g/mol. The second kappa shape index (κ2) is 3.14. The van der Waals surface area contributed by atoms with Crippen LogP contribution >= 0.6 is 0 Å². The predicted molar refractivity (Wildman–Crippen MR) is 47.5 cm³/mol. The van der Waals surface area contributed by atoms with Crippen molar-refractivity contribution in [2.24, 2.45) is 0 Å². The van der Waals surface area contributed by atoms with Crippen LogP contribution in [0.1, 0.15) is 10.4 Å². The Kier molecular flexibility index (Phi) is 1.96. The zero-order valence-corrected chi connectivity index (χ0v) is 7.41. The van der Waals surface area contributed by atoms with Gasteiger partial charge in [0.2, 0.25) is 0 Å². The standard InChI is InChI=1S/C10H7FO3/c1-13-10(12)7-4-2-3-6-8(11)5-14-9(6)7/h2-5H,1H3. The number of esters is 1. The minimum absolute atomic E-state index is 0.219. The van der Waals surface area contributed by atoms with Gasteiger partial charge < -0.3 is 9.15 Å². The lowest BCUT2D eigenvalue weighted by atomic mass is 10.1. The van der Waals surface area contributed by atoms with Gasteiger partial charge in [0.25, 0.3) is 0 Å². The van der Waals surface area contributed by atoms with Crippen molar-refractivity contribution in [3.8, 4) is 0 Å². The maximum absolute atomic E-state index is 13.0. The minimum atomic E-state index is -0.537. The van der Waals surface area contributed by atoms with E-state index in [0.29, 0.717) is 0 Å². The molecule has 0 radical (unpaired) electrons. The van der Waals surface area contributed by atoms with E-state index in [1.54, 1.807) is 12.1 Å². The lowest BCUT2D eigenvalue weighted by molar-refractivity contribution is 0.0602. The van der Waals surface area contributed by atoms with Crippen molar-refractivity contribution < 1.29 is 18.3 Å². The molecule has 3 nitrogen and oxygen atoms in total. The fraction of sp³-hybridized carbons (Fsp3) is 0.100. The molecule has 0 atom stereocenters. The third kappa shape index (κ3) is 1.16. The van der Waals surface area contributed by atoms with E-state index in [0.717, 1.165) is 6.26 Å². The normalized spacial score (nSPS) is 10.4. The van der Waals surface area contributed by atoms with E-state index in [1.807, 2.05) is 0 Å². The van der Waals surface area contributed by atoms with Gasteiger partial charge in [0.05, 0.1) is 12.5 Å². The van der Waals surface area contributed by atoms with Crippen LogP contribution < -0.4 is 0 Å². The van der Waals surface area contributed by atoms with Crippen LogP contribution in [0.2, 0.25) is 0 Å². The number of carbonyl (C=O) groups excluding carboxylic acids is 1. The number of halogens is 1. The Morgan fingerprint density at radius 2 is 2.29 bits per heavy atom. The number of carbonyl (C=O) groups is 1. The van der Waals surface area contributed by atoms with Gasteiger partial charge >= 0.3 is 5.97 Å². The Bertz CT molecular complexity index is 487. The average molecular weight is 194 g/mol. The van der Waals surface area contributed by atoms with Crippen molar-refractivity contribution in [1.29, 1.82) is 0 Å². The number of rotatable bonds is 1. The Morgan fingerprint density at radius 1 is 1.50 bits per heavy atom. The Balaban J connectivity index is 2.71. The van der Waals surface area contributed by atoms with Gasteiger partial charge in [-0.3, -0.25) is 0 Å². The summed E-state index contributed by atoms with van der Waals surface area (Å²) in [7, 11) is 1.26. The van der Waals surface area contributed by atoms with Gasteiger partial charge in [-0.2, -0.15) is 0 Å². The highest BCUT2D eigenvalue weighted by Gasteiger charge is 2.15. The fourth-order valence-electron chi connectivity index (χ4n) is 1.30. The van der Waals surface area contributed by atoms with Crippen molar-refractivity contribution in [3.63, 3.8) is 0 Å². The van der Waals surface area contributed by atoms with Crippen LogP contribution in [-0.2, 0) is 4.74 Å². The summed E-state index contributed by atoms with van der Waals surface area (Å²) in [6.45, 7) is 0. The van der Waals surface area contributed by atoms with Crippen molar-refractivity contribution in [1.82, 2.24) is 0 Å². The number of furan rings is 1. The lowest BCUT2D eigenvalue weighted by Crippen LogP contribution is -2.00. The molecular weight excluding hydrogens is 187 g/mol. The van der Waals surface area contributed by atoms with E-state index < -0.39 is 11.8 Å². The Labute approximate surface area is 79.1 Å². The molecule has 0 amide bonds. The molecule has 2 rings (SSSR count). The van der Waals surface area contributed by atoms with Gasteiger partial charge in [-0.15, -0.1) is 0 Å². The molecule has 0 bridgehead atoms. The predicted octanol–water partition coefficient (Wildman–Crippen LogP) is 2.36. The summed E-state index contributed by atoms with van der Waals surface area (Å²) in [5.41, 5.74) is 0.450. The highest BCUT2D eigenvalue weighted by Crippen LogP contribution is 2.23. The quantitative estimate of drug-likeness (QED) is 0.654. The molecule has 4 heteroatoms. The van der Waals surface area contributed by atoms with E-state index >= 15 is 0 Å². The van der Waals surface area contributed by atoms with Gasteiger partial charge in [0, 0.05) is 0 Å². The number of methoxy groups -OCH3 is 1. The van der Waals surface area contributed by atoms with Crippen LogP contribution in [0.25, 0.3) is 11.0 Å². The summed E-state index contributed by atoms with van der Waals surface area (Å²) in [6.07, 6.45) is 0.969.